The van der Waals surface area contributed by atoms with Crippen LogP contribution in [-0.2, 0) is 15.6 Å². The number of carbonyl (C=O) groups is 1. The summed E-state index contributed by atoms with van der Waals surface area (Å²) in [5.41, 5.74) is 0. The summed E-state index contributed by atoms with van der Waals surface area (Å²) in [6.07, 6.45) is 3.62. The zero-order chi connectivity index (χ0) is 14.8. The average molecular weight is 326 g/mol. The van der Waals surface area contributed by atoms with Crippen LogP contribution in [0.4, 0.5) is 0 Å². The molecule has 1 aromatic heterocycles. The van der Waals surface area contributed by atoms with E-state index in [1.54, 1.807) is 11.3 Å². The number of thiophene rings is 1. The Labute approximate surface area is 132 Å². The zero-order valence-corrected chi connectivity index (χ0v) is 13.9. The molecule has 1 aromatic rings. The maximum absolute atomic E-state index is 12.8. The van der Waals surface area contributed by atoms with E-state index in [9.17, 15) is 9.00 Å². The Morgan fingerprint density at radius 2 is 2.19 bits per heavy atom. The molecule has 2 fully saturated rings. The third-order valence-corrected chi connectivity index (χ3v) is 6.64. The van der Waals surface area contributed by atoms with Crippen molar-refractivity contribution in [1.82, 2.24) is 10.2 Å². The lowest BCUT2D eigenvalue weighted by atomic mass is 10.1. The topological polar surface area (TPSA) is 49.4 Å². The van der Waals surface area contributed by atoms with Gasteiger partial charge in [-0.2, -0.15) is 0 Å². The molecule has 2 aliphatic rings. The van der Waals surface area contributed by atoms with Crippen LogP contribution in [0.3, 0.4) is 0 Å². The van der Waals surface area contributed by atoms with Gasteiger partial charge in [-0.15, -0.1) is 11.3 Å². The number of carbonyl (C=O) groups excluding carboxylic acids is 1. The highest BCUT2D eigenvalue weighted by Gasteiger charge is 2.43. The minimum Gasteiger partial charge on any atom is -0.318 e. The molecule has 21 heavy (non-hydrogen) atoms. The molecule has 2 aliphatic heterocycles. The van der Waals surface area contributed by atoms with Gasteiger partial charge in [-0.25, -0.2) is 0 Å². The fraction of sp³-hybridized carbons (Fsp3) is 0.667. The zero-order valence-electron chi connectivity index (χ0n) is 12.3. The first-order valence-corrected chi connectivity index (χ1v) is 10.0. The van der Waals surface area contributed by atoms with E-state index in [1.807, 2.05) is 11.0 Å². The number of nitrogens with one attached hydrogen (secondary N) is 1. The molecule has 2 atom stereocenters. The molecule has 0 aliphatic carbocycles. The lowest BCUT2D eigenvalue weighted by molar-refractivity contribution is -0.132. The fourth-order valence-electron chi connectivity index (χ4n) is 3.26. The van der Waals surface area contributed by atoms with Crippen molar-refractivity contribution in [2.75, 3.05) is 11.5 Å². The van der Waals surface area contributed by atoms with Gasteiger partial charge in [0.2, 0.25) is 5.91 Å². The molecule has 0 radical (unpaired) electrons. The summed E-state index contributed by atoms with van der Waals surface area (Å²) in [6.45, 7) is 2.11. The van der Waals surface area contributed by atoms with E-state index in [4.69, 9.17) is 0 Å². The van der Waals surface area contributed by atoms with Crippen molar-refractivity contribution in [3.8, 4) is 0 Å². The Bertz CT molecular complexity index is 508. The number of hydrogen-bond donors (Lipinski definition) is 1. The second-order valence-electron chi connectivity index (χ2n) is 5.75. The fourth-order valence-corrected chi connectivity index (χ4v) is 5.32. The van der Waals surface area contributed by atoms with Crippen molar-refractivity contribution in [3.63, 3.8) is 0 Å². The van der Waals surface area contributed by atoms with Crippen molar-refractivity contribution in [3.05, 3.63) is 22.4 Å². The third kappa shape index (κ3) is 3.07. The van der Waals surface area contributed by atoms with E-state index in [2.05, 4.69) is 23.7 Å². The lowest BCUT2D eigenvalue weighted by Crippen LogP contribution is -2.43. The van der Waals surface area contributed by atoms with Crippen molar-refractivity contribution in [2.24, 2.45) is 0 Å². The van der Waals surface area contributed by atoms with Crippen molar-refractivity contribution in [1.29, 1.82) is 0 Å². The van der Waals surface area contributed by atoms with Crippen LogP contribution in [0, 0.1) is 0 Å². The Kier molecular flexibility index (Phi) is 4.76. The highest BCUT2D eigenvalue weighted by atomic mass is 32.2. The third-order valence-electron chi connectivity index (χ3n) is 4.33. The summed E-state index contributed by atoms with van der Waals surface area (Å²) in [6, 6.07) is 4.30. The molecule has 0 aromatic carbocycles. The summed E-state index contributed by atoms with van der Waals surface area (Å²) in [4.78, 5) is 16.0. The molecule has 0 spiro atoms. The summed E-state index contributed by atoms with van der Waals surface area (Å²) < 4.78 is 11.6. The van der Waals surface area contributed by atoms with Crippen LogP contribution in [0.25, 0.3) is 0 Å². The first-order chi connectivity index (χ1) is 10.2. The monoisotopic (exact) mass is 326 g/mol. The Morgan fingerprint density at radius 3 is 2.81 bits per heavy atom. The number of rotatable bonds is 4. The summed E-state index contributed by atoms with van der Waals surface area (Å²) >= 11 is 1.69. The largest absolute Gasteiger partial charge is 0.318 e. The van der Waals surface area contributed by atoms with Crippen LogP contribution < -0.4 is 5.32 Å². The summed E-state index contributed by atoms with van der Waals surface area (Å²) in [5, 5.41) is 5.57. The summed E-state index contributed by atoms with van der Waals surface area (Å²) in [7, 11) is -0.688. The average Bonchev–Trinajstić information content (AvgIpc) is 3.10. The predicted molar refractivity (Wildman–Crippen MR) is 86.6 cm³/mol. The Morgan fingerprint density at radius 1 is 1.43 bits per heavy atom. The Hall–Kier alpha value is -0.720. The Balaban J connectivity index is 1.82. The van der Waals surface area contributed by atoms with Gasteiger partial charge in [-0.05, 0) is 30.7 Å². The summed E-state index contributed by atoms with van der Waals surface area (Å²) in [5.74, 6) is 1.68. The molecule has 0 bridgehead atoms. The molecule has 3 heterocycles. The van der Waals surface area contributed by atoms with Gasteiger partial charge < -0.3 is 4.90 Å². The maximum atomic E-state index is 12.8. The molecule has 116 valence electrons. The van der Waals surface area contributed by atoms with E-state index in [-0.39, 0.29) is 24.2 Å². The van der Waals surface area contributed by atoms with E-state index in [0.29, 0.717) is 0 Å². The molecule has 3 rings (SSSR count). The first kappa shape index (κ1) is 15.2. The lowest BCUT2D eigenvalue weighted by Gasteiger charge is -2.34. The molecule has 4 nitrogen and oxygen atoms in total. The first-order valence-electron chi connectivity index (χ1n) is 7.67. The van der Waals surface area contributed by atoms with Gasteiger partial charge in [-0.3, -0.25) is 14.3 Å². The van der Waals surface area contributed by atoms with E-state index >= 15 is 0 Å². The molecule has 2 saturated heterocycles. The van der Waals surface area contributed by atoms with Gasteiger partial charge in [0.1, 0.15) is 6.17 Å². The quantitative estimate of drug-likeness (QED) is 0.923. The standard InChI is InChI=1S/C15H22N2O2S2/c1-2-4-12-15(18)17(11-6-9-21(19)10-7-11)14(16-12)13-5-3-8-20-13/h3,5,8,11-12,14,16H,2,4,6-7,9-10H2,1H3. The SMILES string of the molecule is CCCC1NC(c2cccs2)N(C2CCS(=O)CC2)C1=O. The molecular weight excluding hydrogens is 304 g/mol. The molecule has 0 saturated carbocycles. The van der Waals surface area contributed by atoms with E-state index in [0.717, 1.165) is 37.2 Å². The second-order valence-corrected chi connectivity index (χ2v) is 8.43. The van der Waals surface area contributed by atoms with Gasteiger partial charge in [0, 0.05) is 33.2 Å². The highest BCUT2D eigenvalue weighted by Crippen LogP contribution is 2.34. The second kappa shape index (κ2) is 6.58. The maximum Gasteiger partial charge on any atom is 0.241 e. The van der Waals surface area contributed by atoms with Gasteiger partial charge >= 0.3 is 0 Å². The van der Waals surface area contributed by atoms with Crippen LogP contribution >= 0.6 is 11.3 Å². The molecule has 6 heteroatoms. The van der Waals surface area contributed by atoms with Crippen molar-refractivity contribution >= 4 is 28.0 Å². The number of nitrogens with zero attached hydrogens (tertiary/aromatic N) is 1. The predicted octanol–water partition coefficient (Wildman–Crippen LogP) is 2.26. The van der Waals surface area contributed by atoms with Crippen molar-refractivity contribution < 1.29 is 9.00 Å². The minimum atomic E-state index is -0.688. The van der Waals surface area contributed by atoms with Crippen LogP contribution in [0.15, 0.2) is 17.5 Å². The molecule has 1 N–H and O–H groups in total. The van der Waals surface area contributed by atoms with Gasteiger partial charge in [0.25, 0.3) is 0 Å². The molecule has 1 amide bonds. The van der Waals surface area contributed by atoms with Gasteiger partial charge in [-0.1, -0.05) is 19.4 Å². The van der Waals surface area contributed by atoms with E-state index < -0.39 is 10.8 Å². The minimum absolute atomic E-state index is 0.00517. The van der Waals surface area contributed by atoms with Crippen molar-refractivity contribution in [2.45, 2.75) is 50.9 Å². The van der Waals surface area contributed by atoms with Crippen LogP contribution in [-0.4, -0.2) is 38.6 Å². The van der Waals surface area contributed by atoms with Crippen LogP contribution in [0.1, 0.15) is 43.6 Å². The molecular formula is C15H22N2O2S2. The normalized spacial score (nSPS) is 33.6. The number of amides is 1. The smallest absolute Gasteiger partial charge is 0.241 e. The van der Waals surface area contributed by atoms with Gasteiger partial charge in [0.05, 0.1) is 6.04 Å². The van der Waals surface area contributed by atoms with Gasteiger partial charge in [0.15, 0.2) is 0 Å². The van der Waals surface area contributed by atoms with E-state index in [1.165, 1.54) is 4.88 Å². The van der Waals surface area contributed by atoms with Crippen LogP contribution in [0.5, 0.6) is 0 Å². The van der Waals surface area contributed by atoms with Crippen LogP contribution in [0.2, 0.25) is 0 Å². The highest BCUT2D eigenvalue weighted by molar-refractivity contribution is 7.85. The number of hydrogen-bond acceptors (Lipinski definition) is 4. The molecule has 2 unspecified atom stereocenters.